The lowest BCUT2D eigenvalue weighted by molar-refractivity contribution is 0.311. The molecule has 3 rings (SSSR count). The quantitative estimate of drug-likeness (QED) is 0.406. The van der Waals surface area contributed by atoms with E-state index < -0.39 is 0 Å². The highest BCUT2D eigenvalue weighted by Gasteiger charge is 2.08. The van der Waals surface area contributed by atoms with Gasteiger partial charge < -0.3 is 24.8 Å². The lowest BCUT2D eigenvalue weighted by Crippen LogP contribution is -2.30. The minimum Gasteiger partial charge on any atom is -0.493 e. The average Bonchev–Trinajstić information content (AvgIpc) is 2.79. The van der Waals surface area contributed by atoms with E-state index in [1.54, 1.807) is 32.5 Å². The number of rotatable bonds is 8. The van der Waals surface area contributed by atoms with E-state index in [1.807, 2.05) is 37.3 Å². The molecule has 31 heavy (non-hydrogen) atoms. The summed E-state index contributed by atoms with van der Waals surface area (Å²) in [7, 11) is 3.30. The Labute approximate surface area is 180 Å². The summed E-state index contributed by atoms with van der Waals surface area (Å²) < 4.78 is 29.7. The van der Waals surface area contributed by atoms with E-state index in [0.29, 0.717) is 42.2 Å². The van der Waals surface area contributed by atoms with Crippen molar-refractivity contribution in [3.05, 3.63) is 72.2 Å². The van der Waals surface area contributed by atoms with E-state index >= 15 is 0 Å². The zero-order chi connectivity index (χ0) is 22.1. The molecule has 0 fully saturated rings. The van der Waals surface area contributed by atoms with Gasteiger partial charge in [0.05, 0.1) is 13.7 Å². The van der Waals surface area contributed by atoms with E-state index in [2.05, 4.69) is 20.6 Å². The molecule has 7 nitrogen and oxygen atoms in total. The molecule has 0 saturated carbocycles. The molecule has 0 saturated heterocycles. The Morgan fingerprint density at radius 2 is 1.87 bits per heavy atom. The van der Waals surface area contributed by atoms with Gasteiger partial charge in [0, 0.05) is 37.6 Å². The molecule has 0 atom stereocenters. The highest BCUT2D eigenvalue weighted by Crippen LogP contribution is 2.30. The molecule has 0 unspecified atom stereocenters. The van der Waals surface area contributed by atoms with Gasteiger partial charge in [0.1, 0.15) is 11.6 Å². The smallest absolute Gasteiger partial charge is 0.219 e. The van der Waals surface area contributed by atoms with Crippen LogP contribution >= 0.6 is 0 Å². The molecule has 0 spiro atoms. The van der Waals surface area contributed by atoms with E-state index in [4.69, 9.17) is 14.2 Å². The van der Waals surface area contributed by atoms with Gasteiger partial charge in [0.25, 0.3) is 0 Å². The molecule has 1 heterocycles. The second-order valence-corrected chi connectivity index (χ2v) is 6.41. The number of hydrogen-bond donors (Lipinski definition) is 2. The summed E-state index contributed by atoms with van der Waals surface area (Å²) in [4.78, 5) is 8.46. The van der Waals surface area contributed by atoms with Gasteiger partial charge in [-0.05, 0) is 55.0 Å². The highest BCUT2D eigenvalue weighted by molar-refractivity contribution is 5.93. The van der Waals surface area contributed by atoms with Crippen molar-refractivity contribution in [1.82, 2.24) is 10.3 Å². The van der Waals surface area contributed by atoms with Crippen molar-refractivity contribution in [2.75, 3.05) is 26.1 Å². The molecule has 2 N–H and O–H groups in total. The maximum absolute atomic E-state index is 13.0. The van der Waals surface area contributed by atoms with Gasteiger partial charge in [0.15, 0.2) is 17.5 Å². The molecule has 2 aromatic carbocycles. The van der Waals surface area contributed by atoms with Crippen LogP contribution in [0.1, 0.15) is 12.5 Å². The second kappa shape index (κ2) is 10.8. The summed E-state index contributed by atoms with van der Waals surface area (Å²) in [6.45, 7) is 2.95. The van der Waals surface area contributed by atoms with Crippen molar-refractivity contribution in [2.45, 2.75) is 13.5 Å². The van der Waals surface area contributed by atoms with Gasteiger partial charge in [0.2, 0.25) is 5.88 Å². The number of guanidine groups is 1. The Morgan fingerprint density at radius 3 is 2.58 bits per heavy atom. The molecule has 1 aromatic heterocycles. The van der Waals surface area contributed by atoms with Crippen molar-refractivity contribution in [1.29, 1.82) is 0 Å². The van der Waals surface area contributed by atoms with Crippen molar-refractivity contribution in [3.8, 4) is 23.1 Å². The fourth-order valence-electron chi connectivity index (χ4n) is 2.76. The van der Waals surface area contributed by atoms with E-state index in [0.717, 1.165) is 11.3 Å². The number of nitrogens with one attached hydrogen (secondary N) is 2. The lowest BCUT2D eigenvalue weighted by atomic mass is 10.2. The second-order valence-electron chi connectivity index (χ2n) is 6.41. The largest absolute Gasteiger partial charge is 0.493 e. The average molecular weight is 424 g/mol. The van der Waals surface area contributed by atoms with Crippen LogP contribution in [0.5, 0.6) is 23.1 Å². The molecular formula is C23H25FN4O3. The van der Waals surface area contributed by atoms with Crippen LogP contribution in [0.15, 0.2) is 65.8 Å². The number of ether oxygens (including phenoxy) is 3. The first-order chi connectivity index (χ1) is 15.1. The summed E-state index contributed by atoms with van der Waals surface area (Å²) in [5, 5.41) is 6.48. The molecule has 0 bridgehead atoms. The van der Waals surface area contributed by atoms with E-state index in [1.165, 1.54) is 12.1 Å². The minimum absolute atomic E-state index is 0.317. The number of aliphatic imine (C=N–C) groups is 1. The van der Waals surface area contributed by atoms with Crippen LogP contribution in [0.2, 0.25) is 0 Å². The number of halogens is 1. The third-order valence-electron chi connectivity index (χ3n) is 4.25. The first-order valence-corrected chi connectivity index (χ1v) is 9.78. The summed E-state index contributed by atoms with van der Waals surface area (Å²) in [6, 6.07) is 15.0. The van der Waals surface area contributed by atoms with E-state index in [9.17, 15) is 4.39 Å². The molecule has 8 heteroatoms. The van der Waals surface area contributed by atoms with Crippen LogP contribution in [0.4, 0.5) is 10.1 Å². The molecule has 162 valence electrons. The zero-order valence-corrected chi connectivity index (χ0v) is 17.7. The number of hydrogen-bond acceptors (Lipinski definition) is 5. The standard InChI is InChI=1S/C23H25FN4O3/c1-4-30-21-14-18(7-10-20(21)29-3)28-23(25-2)27-15-16-11-12-26-22(13-16)31-19-8-5-17(24)6-9-19/h5-14H,4,15H2,1-3H3,(H2,25,27,28). The van der Waals surface area contributed by atoms with Gasteiger partial charge in [-0.15, -0.1) is 0 Å². The van der Waals surface area contributed by atoms with Crippen LogP contribution in [0.25, 0.3) is 0 Å². The Kier molecular flexibility index (Phi) is 7.64. The predicted molar refractivity (Wildman–Crippen MR) is 119 cm³/mol. The fraction of sp³-hybridized carbons (Fsp3) is 0.217. The fourth-order valence-corrected chi connectivity index (χ4v) is 2.76. The summed E-state index contributed by atoms with van der Waals surface area (Å²) in [5.41, 5.74) is 1.76. The monoisotopic (exact) mass is 424 g/mol. The SMILES string of the molecule is CCOc1cc(NC(=NC)NCc2ccnc(Oc3ccc(F)cc3)c2)ccc1OC. The van der Waals surface area contributed by atoms with Crippen molar-refractivity contribution >= 4 is 11.6 Å². The molecule has 0 aliphatic carbocycles. The van der Waals surface area contributed by atoms with Crippen molar-refractivity contribution in [3.63, 3.8) is 0 Å². The molecule has 3 aromatic rings. The normalized spacial score (nSPS) is 11.0. The Morgan fingerprint density at radius 1 is 1.06 bits per heavy atom. The maximum Gasteiger partial charge on any atom is 0.219 e. The van der Waals surface area contributed by atoms with Crippen LogP contribution in [-0.2, 0) is 6.54 Å². The van der Waals surface area contributed by atoms with Crippen LogP contribution < -0.4 is 24.8 Å². The number of benzene rings is 2. The molecule has 0 aliphatic rings. The van der Waals surface area contributed by atoms with Crippen LogP contribution in [0, 0.1) is 5.82 Å². The lowest BCUT2D eigenvalue weighted by Gasteiger charge is -2.15. The van der Waals surface area contributed by atoms with Crippen LogP contribution in [0.3, 0.4) is 0 Å². The first kappa shape index (κ1) is 21.9. The summed E-state index contributed by atoms with van der Waals surface area (Å²) in [6.07, 6.45) is 1.66. The third kappa shape index (κ3) is 6.33. The van der Waals surface area contributed by atoms with Gasteiger partial charge in [-0.25, -0.2) is 9.37 Å². The Hall–Kier alpha value is -3.81. The number of methoxy groups -OCH3 is 1. The third-order valence-corrected chi connectivity index (χ3v) is 4.25. The number of aromatic nitrogens is 1. The van der Waals surface area contributed by atoms with Gasteiger partial charge >= 0.3 is 0 Å². The molecule has 0 amide bonds. The predicted octanol–water partition coefficient (Wildman–Crippen LogP) is 4.61. The molecular weight excluding hydrogens is 399 g/mol. The first-order valence-electron chi connectivity index (χ1n) is 9.78. The van der Waals surface area contributed by atoms with Crippen molar-refractivity contribution in [2.24, 2.45) is 4.99 Å². The van der Waals surface area contributed by atoms with E-state index in [-0.39, 0.29) is 5.82 Å². The van der Waals surface area contributed by atoms with Gasteiger partial charge in [-0.1, -0.05) is 0 Å². The zero-order valence-electron chi connectivity index (χ0n) is 17.7. The Balaban J connectivity index is 1.62. The maximum atomic E-state index is 13.0. The topological polar surface area (TPSA) is 77.0 Å². The molecule has 0 aliphatic heterocycles. The van der Waals surface area contributed by atoms with Crippen molar-refractivity contribution < 1.29 is 18.6 Å². The number of anilines is 1. The van der Waals surface area contributed by atoms with Gasteiger partial charge in [-0.3, -0.25) is 4.99 Å². The summed E-state index contributed by atoms with van der Waals surface area (Å²) in [5.74, 6) is 2.53. The molecule has 0 radical (unpaired) electrons. The minimum atomic E-state index is -0.317. The van der Waals surface area contributed by atoms with Crippen LogP contribution in [-0.4, -0.2) is 31.7 Å². The number of pyridine rings is 1. The number of nitrogens with zero attached hydrogens (tertiary/aromatic N) is 2. The Bertz CT molecular complexity index is 1030. The van der Waals surface area contributed by atoms with Gasteiger partial charge in [-0.2, -0.15) is 0 Å². The highest BCUT2D eigenvalue weighted by atomic mass is 19.1. The summed E-state index contributed by atoms with van der Waals surface area (Å²) >= 11 is 0.